The smallest absolute Gasteiger partial charge is 0.347 e. The first-order valence-corrected chi connectivity index (χ1v) is 7.78. The summed E-state index contributed by atoms with van der Waals surface area (Å²) in [5, 5.41) is 6.87. The van der Waals surface area contributed by atoms with Crippen LogP contribution in [0.4, 0.5) is 0 Å². The molecule has 6 nitrogen and oxygen atoms in total. The van der Waals surface area contributed by atoms with Crippen molar-refractivity contribution >= 4 is 0 Å². The van der Waals surface area contributed by atoms with Crippen molar-refractivity contribution in [3.8, 4) is 11.4 Å². The number of nitrogens with one attached hydrogen (secondary N) is 1. The predicted octanol–water partition coefficient (Wildman–Crippen LogP) is 1.77. The molecule has 2 heterocycles. The van der Waals surface area contributed by atoms with Crippen LogP contribution in [0.15, 0.2) is 29.1 Å². The number of ether oxygens (including phenoxy) is 1. The van der Waals surface area contributed by atoms with E-state index >= 15 is 0 Å². The Labute approximate surface area is 129 Å². The monoisotopic (exact) mass is 302 g/mol. The van der Waals surface area contributed by atoms with Crippen LogP contribution >= 0.6 is 0 Å². The lowest BCUT2D eigenvalue weighted by molar-refractivity contribution is 0.244. The average molecular weight is 302 g/mol. The topological polar surface area (TPSA) is 63.1 Å². The Bertz CT molecular complexity index is 674. The molecule has 1 aromatic heterocycles. The average Bonchev–Trinajstić information content (AvgIpc) is 2.90. The van der Waals surface area contributed by atoms with Gasteiger partial charge in [-0.15, -0.1) is 0 Å². The second-order valence-corrected chi connectivity index (χ2v) is 5.75. The molecule has 1 N–H and O–H groups in total. The number of nitrogens with zero attached hydrogens (tertiary/aromatic N) is 3. The van der Waals surface area contributed by atoms with Gasteiger partial charge in [-0.25, -0.2) is 14.5 Å². The SMILES string of the molecule is CCOc1ccc(-n2c(C3CCCN(C)C3)n[nH]c2=O)cc1. The Kier molecular flexibility index (Phi) is 4.29. The van der Waals surface area contributed by atoms with Crippen LogP contribution in [0.3, 0.4) is 0 Å². The molecule has 0 aliphatic carbocycles. The van der Waals surface area contributed by atoms with E-state index in [4.69, 9.17) is 4.74 Å². The van der Waals surface area contributed by atoms with Crippen LogP contribution < -0.4 is 10.4 Å². The molecule has 0 saturated carbocycles. The molecule has 6 heteroatoms. The second kappa shape index (κ2) is 6.36. The lowest BCUT2D eigenvalue weighted by Gasteiger charge is -2.29. The van der Waals surface area contributed by atoms with Gasteiger partial charge in [0, 0.05) is 12.5 Å². The molecule has 1 unspecified atom stereocenters. The summed E-state index contributed by atoms with van der Waals surface area (Å²) < 4.78 is 7.13. The van der Waals surface area contributed by atoms with Gasteiger partial charge in [0.05, 0.1) is 12.3 Å². The molecule has 0 spiro atoms. The molecule has 1 aliphatic rings. The van der Waals surface area contributed by atoms with Crippen molar-refractivity contribution in [1.82, 2.24) is 19.7 Å². The number of likely N-dealkylation sites (tertiary alicyclic amines) is 1. The van der Waals surface area contributed by atoms with E-state index in [-0.39, 0.29) is 11.6 Å². The number of H-pyrrole nitrogens is 1. The minimum Gasteiger partial charge on any atom is -0.494 e. The standard InChI is InChI=1S/C16H22N4O2/c1-3-22-14-8-6-13(7-9-14)20-15(17-18-16(20)21)12-5-4-10-19(2)11-12/h6-9,12H,3-5,10-11H2,1-2H3,(H,18,21). The third kappa shape index (κ3) is 2.92. The lowest BCUT2D eigenvalue weighted by Crippen LogP contribution is -2.32. The first-order valence-electron chi connectivity index (χ1n) is 7.78. The van der Waals surface area contributed by atoms with E-state index in [1.54, 1.807) is 4.57 Å². The number of aromatic amines is 1. The number of rotatable bonds is 4. The van der Waals surface area contributed by atoms with Crippen LogP contribution in [0.5, 0.6) is 5.75 Å². The van der Waals surface area contributed by atoms with Crippen LogP contribution in [0.25, 0.3) is 5.69 Å². The molecule has 1 saturated heterocycles. The van der Waals surface area contributed by atoms with Gasteiger partial charge < -0.3 is 9.64 Å². The van der Waals surface area contributed by atoms with Crippen LogP contribution in [0.2, 0.25) is 0 Å². The summed E-state index contributed by atoms with van der Waals surface area (Å²) >= 11 is 0. The molecule has 1 aliphatic heterocycles. The minimum absolute atomic E-state index is 0.188. The molecule has 1 aromatic carbocycles. The van der Waals surface area contributed by atoms with Gasteiger partial charge in [-0.1, -0.05) is 0 Å². The summed E-state index contributed by atoms with van der Waals surface area (Å²) in [7, 11) is 2.11. The number of hydrogen-bond acceptors (Lipinski definition) is 4. The van der Waals surface area contributed by atoms with Crippen LogP contribution in [0.1, 0.15) is 31.5 Å². The Morgan fingerprint density at radius 2 is 2.14 bits per heavy atom. The number of piperidine rings is 1. The van der Waals surface area contributed by atoms with Crippen LogP contribution in [0, 0.1) is 0 Å². The minimum atomic E-state index is -0.188. The summed E-state index contributed by atoms with van der Waals surface area (Å²) in [6.45, 7) is 4.62. The van der Waals surface area contributed by atoms with E-state index in [2.05, 4.69) is 22.1 Å². The number of hydrogen-bond donors (Lipinski definition) is 1. The molecule has 22 heavy (non-hydrogen) atoms. The molecule has 0 radical (unpaired) electrons. The Hall–Kier alpha value is -2.08. The molecule has 0 amide bonds. The third-order valence-corrected chi connectivity index (χ3v) is 4.09. The highest BCUT2D eigenvalue weighted by molar-refractivity contribution is 5.38. The Balaban J connectivity index is 1.93. The van der Waals surface area contributed by atoms with Crippen molar-refractivity contribution in [3.05, 3.63) is 40.6 Å². The van der Waals surface area contributed by atoms with Gasteiger partial charge in [-0.3, -0.25) is 0 Å². The van der Waals surface area contributed by atoms with Gasteiger partial charge in [-0.2, -0.15) is 5.10 Å². The predicted molar refractivity (Wildman–Crippen MR) is 84.8 cm³/mol. The van der Waals surface area contributed by atoms with E-state index in [9.17, 15) is 4.79 Å². The molecule has 0 bridgehead atoms. The van der Waals surface area contributed by atoms with E-state index in [0.717, 1.165) is 43.2 Å². The van der Waals surface area contributed by atoms with E-state index < -0.39 is 0 Å². The van der Waals surface area contributed by atoms with Gasteiger partial charge in [0.25, 0.3) is 0 Å². The maximum atomic E-state index is 12.2. The molecule has 1 fully saturated rings. The molecule has 2 aromatic rings. The van der Waals surface area contributed by atoms with Crippen molar-refractivity contribution in [2.45, 2.75) is 25.7 Å². The number of benzene rings is 1. The molecule has 1 atom stereocenters. The van der Waals surface area contributed by atoms with Crippen molar-refractivity contribution in [3.63, 3.8) is 0 Å². The summed E-state index contributed by atoms with van der Waals surface area (Å²) in [6, 6.07) is 7.57. The van der Waals surface area contributed by atoms with Crippen molar-refractivity contribution in [2.24, 2.45) is 0 Å². The van der Waals surface area contributed by atoms with Gasteiger partial charge in [0.15, 0.2) is 0 Å². The van der Waals surface area contributed by atoms with Gasteiger partial charge in [-0.05, 0) is 57.6 Å². The normalized spacial score (nSPS) is 19.3. The second-order valence-electron chi connectivity index (χ2n) is 5.75. The molecular formula is C16H22N4O2. The highest BCUT2D eigenvalue weighted by Gasteiger charge is 2.25. The van der Waals surface area contributed by atoms with E-state index in [0.29, 0.717) is 6.61 Å². The first-order chi connectivity index (χ1) is 10.7. The quantitative estimate of drug-likeness (QED) is 0.935. The third-order valence-electron chi connectivity index (χ3n) is 4.09. The summed E-state index contributed by atoms with van der Waals surface area (Å²) in [5.41, 5.74) is 0.637. The Morgan fingerprint density at radius 1 is 1.36 bits per heavy atom. The fourth-order valence-corrected chi connectivity index (χ4v) is 3.07. The van der Waals surface area contributed by atoms with Gasteiger partial charge in [0.2, 0.25) is 0 Å². The largest absolute Gasteiger partial charge is 0.494 e. The molecule has 118 valence electrons. The van der Waals surface area contributed by atoms with E-state index in [1.165, 1.54) is 0 Å². The highest BCUT2D eigenvalue weighted by atomic mass is 16.5. The zero-order valence-corrected chi connectivity index (χ0v) is 13.1. The van der Waals surface area contributed by atoms with Crippen molar-refractivity contribution in [1.29, 1.82) is 0 Å². The molecule has 3 rings (SSSR count). The van der Waals surface area contributed by atoms with Gasteiger partial charge >= 0.3 is 5.69 Å². The summed E-state index contributed by atoms with van der Waals surface area (Å²) in [4.78, 5) is 14.5. The van der Waals surface area contributed by atoms with E-state index in [1.807, 2.05) is 31.2 Å². The number of likely N-dealkylation sites (N-methyl/N-ethyl adjacent to an activating group) is 1. The lowest BCUT2D eigenvalue weighted by atomic mass is 9.97. The zero-order chi connectivity index (χ0) is 15.5. The number of aromatic nitrogens is 3. The highest BCUT2D eigenvalue weighted by Crippen LogP contribution is 2.26. The summed E-state index contributed by atoms with van der Waals surface area (Å²) in [5.74, 6) is 1.91. The maximum absolute atomic E-state index is 12.2. The fraction of sp³-hybridized carbons (Fsp3) is 0.500. The first kappa shape index (κ1) is 14.8. The molecular weight excluding hydrogens is 280 g/mol. The van der Waals surface area contributed by atoms with Crippen molar-refractivity contribution in [2.75, 3.05) is 26.7 Å². The zero-order valence-electron chi connectivity index (χ0n) is 13.1. The van der Waals surface area contributed by atoms with Gasteiger partial charge in [0.1, 0.15) is 11.6 Å². The fourth-order valence-electron chi connectivity index (χ4n) is 3.07. The maximum Gasteiger partial charge on any atom is 0.347 e. The Morgan fingerprint density at radius 3 is 2.82 bits per heavy atom. The van der Waals surface area contributed by atoms with Crippen LogP contribution in [-0.4, -0.2) is 46.4 Å². The van der Waals surface area contributed by atoms with Crippen molar-refractivity contribution < 1.29 is 4.74 Å². The van der Waals surface area contributed by atoms with Crippen LogP contribution in [-0.2, 0) is 0 Å². The summed E-state index contributed by atoms with van der Waals surface area (Å²) in [6.07, 6.45) is 2.19.